The topological polar surface area (TPSA) is 111 Å². The van der Waals surface area contributed by atoms with E-state index in [0.717, 1.165) is 0 Å². The Morgan fingerprint density at radius 3 is 2.62 bits per heavy atom. The van der Waals surface area contributed by atoms with E-state index in [2.05, 4.69) is 20.3 Å². The lowest BCUT2D eigenvalue weighted by molar-refractivity contribution is -0.307. The van der Waals surface area contributed by atoms with Crippen molar-refractivity contribution in [1.29, 1.82) is 0 Å². The van der Waals surface area contributed by atoms with Crippen LogP contribution in [-0.2, 0) is 9.59 Å². The van der Waals surface area contributed by atoms with Gasteiger partial charge in [-0.2, -0.15) is 4.99 Å². The van der Waals surface area contributed by atoms with E-state index in [0.29, 0.717) is 22.1 Å². The van der Waals surface area contributed by atoms with Crippen LogP contribution in [0.3, 0.4) is 0 Å². The summed E-state index contributed by atoms with van der Waals surface area (Å²) >= 11 is 6.03. The molecule has 2 aromatic rings. The van der Waals surface area contributed by atoms with Gasteiger partial charge in [-0.1, -0.05) is 17.7 Å². The second kappa shape index (κ2) is 7.09. The first-order valence-corrected chi connectivity index (χ1v) is 8.18. The number of halogens is 1. The molecule has 0 aliphatic carbocycles. The first-order chi connectivity index (χ1) is 12.3. The van der Waals surface area contributed by atoms with Gasteiger partial charge in [-0.25, -0.2) is 9.97 Å². The summed E-state index contributed by atoms with van der Waals surface area (Å²) in [6, 6.07) is 7.12. The van der Waals surface area contributed by atoms with Crippen molar-refractivity contribution in [3.63, 3.8) is 0 Å². The van der Waals surface area contributed by atoms with E-state index in [4.69, 9.17) is 11.6 Å². The van der Waals surface area contributed by atoms with Gasteiger partial charge >= 0.3 is 0 Å². The summed E-state index contributed by atoms with van der Waals surface area (Å²) in [5, 5.41) is 14.6. The molecule has 8 nitrogen and oxygen atoms in total. The Labute approximate surface area is 154 Å². The highest BCUT2D eigenvalue weighted by molar-refractivity contribution is 6.31. The molecule has 1 amide bonds. The molecule has 0 spiro atoms. The summed E-state index contributed by atoms with van der Waals surface area (Å²) in [5.74, 6) is -1.76. The predicted molar refractivity (Wildman–Crippen MR) is 94.1 cm³/mol. The highest BCUT2D eigenvalue weighted by atomic mass is 35.5. The number of benzene rings is 1. The second-order valence-corrected chi connectivity index (χ2v) is 6.26. The van der Waals surface area contributed by atoms with E-state index in [1.807, 2.05) is 0 Å². The molecule has 2 heterocycles. The molecule has 0 bridgehead atoms. The van der Waals surface area contributed by atoms with Crippen molar-refractivity contribution < 1.29 is 14.7 Å². The van der Waals surface area contributed by atoms with Crippen molar-refractivity contribution in [2.24, 2.45) is 4.99 Å². The zero-order valence-corrected chi connectivity index (χ0v) is 14.8. The maximum absolute atomic E-state index is 12.0. The SMILES string of the molecule is Cc1cc(C)nc(/N=C2\NC(=O)C[C@@H](C(=O)[O-])N2c2cccc(Cl)c2)n1. The number of aryl methyl sites for hydroxylation is 2. The van der Waals surface area contributed by atoms with E-state index in [9.17, 15) is 14.7 Å². The summed E-state index contributed by atoms with van der Waals surface area (Å²) in [6.45, 7) is 3.58. The number of carbonyl (C=O) groups excluding carboxylic acids is 2. The number of amides is 1. The third kappa shape index (κ3) is 3.80. The van der Waals surface area contributed by atoms with E-state index >= 15 is 0 Å². The number of aliphatic carboxylic acids is 1. The van der Waals surface area contributed by atoms with Gasteiger partial charge < -0.3 is 14.8 Å². The average molecular weight is 373 g/mol. The Hall–Kier alpha value is -3.00. The molecule has 0 radical (unpaired) electrons. The lowest BCUT2D eigenvalue weighted by atomic mass is 10.1. The molecule has 3 rings (SSSR count). The van der Waals surface area contributed by atoms with Gasteiger partial charge in [0.2, 0.25) is 11.9 Å². The van der Waals surface area contributed by atoms with Gasteiger partial charge in [0.05, 0.1) is 18.4 Å². The minimum absolute atomic E-state index is 0.00252. The third-order valence-corrected chi connectivity index (χ3v) is 3.94. The van der Waals surface area contributed by atoms with Gasteiger partial charge in [0, 0.05) is 22.1 Å². The fourth-order valence-corrected chi connectivity index (χ4v) is 2.89. The Balaban J connectivity index is 2.13. The zero-order valence-electron chi connectivity index (χ0n) is 14.1. The highest BCUT2D eigenvalue weighted by Crippen LogP contribution is 2.25. The van der Waals surface area contributed by atoms with Crippen LogP contribution in [0.1, 0.15) is 17.8 Å². The molecule has 1 fully saturated rings. The normalized spacial score (nSPS) is 18.7. The summed E-state index contributed by atoms with van der Waals surface area (Å²) in [5.41, 5.74) is 1.85. The second-order valence-electron chi connectivity index (χ2n) is 5.82. The molecule has 0 saturated carbocycles. The fraction of sp³-hybridized carbons (Fsp3) is 0.235. The monoisotopic (exact) mass is 372 g/mol. The van der Waals surface area contributed by atoms with Crippen LogP contribution in [0.2, 0.25) is 5.02 Å². The van der Waals surface area contributed by atoms with Gasteiger partial charge in [0.25, 0.3) is 5.95 Å². The van der Waals surface area contributed by atoms with Crippen molar-refractivity contribution in [2.75, 3.05) is 4.90 Å². The van der Waals surface area contributed by atoms with Crippen molar-refractivity contribution >= 4 is 41.1 Å². The number of hydrogen-bond donors (Lipinski definition) is 1. The molecule has 1 aliphatic rings. The zero-order chi connectivity index (χ0) is 18.8. The Bertz CT molecular complexity index is 895. The minimum Gasteiger partial charge on any atom is -0.548 e. The van der Waals surface area contributed by atoms with E-state index < -0.39 is 17.9 Å². The van der Waals surface area contributed by atoms with Crippen LogP contribution in [0.4, 0.5) is 11.6 Å². The minimum atomic E-state index is -1.39. The van der Waals surface area contributed by atoms with Crippen LogP contribution in [0.5, 0.6) is 0 Å². The van der Waals surface area contributed by atoms with Crippen LogP contribution >= 0.6 is 11.6 Å². The molecular formula is C17H15ClN5O3-. The molecule has 1 atom stereocenters. The van der Waals surface area contributed by atoms with E-state index in [-0.39, 0.29) is 18.3 Å². The molecule has 9 heteroatoms. The van der Waals surface area contributed by atoms with Gasteiger partial charge in [-0.3, -0.25) is 10.1 Å². The van der Waals surface area contributed by atoms with Crippen molar-refractivity contribution in [3.05, 3.63) is 46.7 Å². The summed E-state index contributed by atoms with van der Waals surface area (Å²) < 4.78 is 0. The number of guanidine groups is 1. The molecular weight excluding hydrogens is 358 g/mol. The number of nitrogens with zero attached hydrogens (tertiary/aromatic N) is 4. The lowest BCUT2D eigenvalue weighted by Crippen LogP contribution is -2.61. The van der Waals surface area contributed by atoms with Crippen molar-refractivity contribution in [2.45, 2.75) is 26.3 Å². The number of carbonyl (C=O) groups is 2. The van der Waals surface area contributed by atoms with Crippen LogP contribution in [-0.4, -0.2) is 33.8 Å². The first-order valence-electron chi connectivity index (χ1n) is 7.80. The Morgan fingerprint density at radius 2 is 2.00 bits per heavy atom. The van der Waals surface area contributed by atoms with Gasteiger partial charge in [0.1, 0.15) is 0 Å². The third-order valence-electron chi connectivity index (χ3n) is 3.70. The molecule has 1 saturated heterocycles. The number of aliphatic imine (C=N–C) groups is 1. The number of carboxylic acids is 1. The highest BCUT2D eigenvalue weighted by Gasteiger charge is 2.33. The molecule has 26 heavy (non-hydrogen) atoms. The molecule has 0 unspecified atom stereocenters. The molecule has 134 valence electrons. The molecule has 1 aromatic heterocycles. The number of nitrogens with one attached hydrogen (secondary N) is 1. The van der Waals surface area contributed by atoms with Gasteiger partial charge in [-0.05, 0) is 38.1 Å². The van der Waals surface area contributed by atoms with E-state index in [1.165, 1.54) is 4.90 Å². The number of anilines is 1. The smallest absolute Gasteiger partial charge is 0.253 e. The molecule has 1 aliphatic heterocycles. The molecule has 1 aromatic carbocycles. The standard InChI is InChI=1S/C17H16ClN5O3/c1-9-6-10(2)20-16(19-9)22-17-21-14(24)8-13(15(25)26)23(17)12-5-3-4-11(18)7-12/h3-7,13H,8H2,1-2H3,(H,25,26)(H,19,20,21,22,24)/p-1/t13-/m0/s1. The lowest BCUT2D eigenvalue weighted by Gasteiger charge is -2.38. The Morgan fingerprint density at radius 1 is 1.31 bits per heavy atom. The maximum atomic E-state index is 12.0. The number of carboxylic acid groups (broad SMARTS) is 1. The van der Waals surface area contributed by atoms with Crippen LogP contribution in [0.15, 0.2) is 35.3 Å². The average Bonchev–Trinajstić information content (AvgIpc) is 2.53. The van der Waals surface area contributed by atoms with Crippen LogP contribution in [0.25, 0.3) is 0 Å². The quantitative estimate of drug-likeness (QED) is 0.856. The summed E-state index contributed by atoms with van der Waals surface area (Å²) in [4.78, 5) is 37.6. The van der Waals surface area contributed by atoms with E-state index in [1.54, 1.807) is 44.2 Å². The van der Waals surface area contributed by atoms with Crippen molar-refractivity contribution in [1.82, 2.24) is 15.3 Å². The first kappa shape index (κ1) is 17.8. The van der Waals surface area contributed by atoms with Crippen LogP contribution in [0, 0.1) is 13.8 Å². The number of hydrogen-bond acceptors (Lipinski definition) is 6. The molecule has 1 N–H and O–H groups in total. The number of rotatable bonds is 3. The summed E-state index contributed by atoms with van der Waals surface area (Å²) in [7, 11) is 0. The maximum Gasteiger partial charge on any atom is 0.253 e. The Kier molecular flexibility index (Phi) is 4.85. The van der Waals surface area contributed by atoms with Crippen LogP contribution < -0.4 is 15.3 Å². The van der Waals surface area contributed by atoms with Gasteiger partial charge in [-0.15, -0.1) is 0 Å². The predicted octanol–water partition coefficient (Wildman–Crippen LogP) is 0.879. The fourth-order valence-electron chi connectivity index (χ4n) is 2.70. The summed E-state index contributed by atoms with van der Waals surface area (Å²) in [6.07, 6.45) is -0.276. The van der Waals surface area contributed by atoms with Crippen molar-refractivity contribution in [3.8, 4) is 0 Å². The van der Waals surface area contributed by atoms with Gasteiger partial charge in [0.15, 0.2) is 0 Å². The number of aromatic nitrogens is 2. The largest absolute Gasteiger partial charge is 0.548 e.